The molecule has 0 bridgehead atoms. The van der Waals surface area contributed by atoms with Crippen LogP contribution in [0, 0.1) is 5.41 Å². The van der Waals surface area contributed by atoms with Gasteiger partial charge in [-0.25, -0.2) is 4.79 Å². The molecule has 1 aromatic rings. The van der Waals surface area contributed by atoms with Crippen molar-refractivity contribution in [2.75, 3.05) is 13.2 Å². The minimum absolute atomic E-state index is 0.00692. The van der Waals surface area contributed by atoms with Crippen molar-refractivity contribution in [1.29, 1.82) is 0 Å². The van der Waals surface area contributed by atoms with Crippen molar-refractivity contribution in [2.45, 2.75) is 78.4 Å². The first-order valence-electron chi connectivity index (χ1n) is 9.54. The second-order valence-corrected chi connectivity index (χ2v) is 8.69. The first-order valence-corrected chi connectivity index (χ1v) is 9.54. The standard InChI is InChI=1S/C22H36O4/c1-20(2,14-10-11-16-23)22(5,6)25-17-15-21(3,4)26-19(24)18-12-8-7-9-13-18/h7-9,12-13,23H,10-11,14-17H2,1-6H3. The number of aliphatic hydroxyl groups excluding tert-OH is 1. The van der Waals surface area contributed by atoms with E-state index in [-0.39, 0.29) is 23.6 Å². The molecule has 0 radical (unpaired) electrons. The van der Waals surface area contributed by atoms with Gasteiger partial charge in [-0.15, -0.1) is 0 Å². The van der Waals surface area contributed by atoms with Gasteiger partial charge in [0.1, 0.15) is 5.60 Å². The molecule has 26 heavy (non-hydrogen) atoms. The summed E-state index contributed by atoms with van der Waals surface area (Å²) in [4.78, 5) is 12.2. The average Bonchev–Trinajstić information content (AvgIpc) is 2.54. The smallest absolute Gasteiger partial charge is 0.338 e. The van der Waals surface area contributed by atoms with Gasteiger partial charge in [0, 0.05) is 13.0 Å². The summed E-state index contributed by atoms with van der Waals surface area (Å²) >= 11 is 0. The van der Waals surface area contributed by atoms with Gasteiger partial charge in [-0.1, -0.05) is 38.5 Å². The highest BCUT2D eigenvalue weighted by molar-refractivity contribution is 5.89. The summed E-state index contributed by atoms with van der Waals surface area (Å²) in [6.07, 6.45) is 3.42. The van der Waals surface area contributed by atoms with E-state index < -0.39 is 5.60 Å². The highest BCUT2D eigenvalue weighted by atomic mass is 16.6. The number of hydrogen-bond donors (Lipinski definition) is 1. The Morgan fingerprint density at radius 1 is 0.962 bits per heavy atom. The molecule has 0 heterocycles. The molecule has 0 fully saturated rings. The fourth-order valence-corrected chi connectivity index (χ4v) is 2.66. The molecular weight excluding hydrogens is 328 g/mol. The van der Waals surface area contributed by atoms with Crippen molar-refractivity contribution >= 4 is 5.97 Å². The Hall–Kier alpha value is -1.39. The summed E-state index contributed by atoms with van der Waals surface area (Å²) in [7, 11) is 0. The van der Waals surface area contributed by atoms with Crippen molar-refractivity contribution in [1.82, 2.24) is 0 Å². The zero-order valence-electron chi connectivity index (χ0n) is 17.3. The van der Waals surface area contributed by atoms with E-state index in [0.29, 0.717) is 18.6 Å². The highest BCUT2D eigenvalue weighted by Crippen LogP contribution is 2.38. The first kappa shape index (κ1) is 22.7. The lowest BCUT2D eigenvalue weighted by molar-refractivity contribution is -0.114. The Labute approximate surface area is 158 Å². The van der Waals surface area contributed by atoms with E-state index >= 15 is 0 Å². The number of aliphatic hydroxyl groups is 1. The molecule has 1 rings (SSSR count). The topological polar surface area (TPSA) is 55.8 Å². The van der Waals surface area contributed by atoms with Crippen LogP contribution in [-0.2, 0) is 9.47 Å². The van der Waals surface area contributed by atoms with Gasteiger partial charge in [0.25, 0.3) is 0 Å². The lowest BCUT2D eigenvalue weighted by Gasteiger charge is -2.42. The molecule has 0 saturated carbocycles. The van der Waals surface area contributed by atoms with Crippen LogP contribution < -0.4 is 0 Å². The second kappa shape index (κ2) is 9.52. The van der Waals surface area contributed by atoms with Crippen LogP contribution in [0.15, 0.2) is 30.3 Å². The number of carbonyl (C=O) groups is 1. The average molecular weight is 365 g/mol. The minimum Gasteiger partial charge on any atom is -0.456 e. The van der Waals surface area contributed by atoms with E-state index in [1.54, 1.807) is 12.1 Å². The van der Waals surface area contributed by atoms with Crippen molar-refractivity contribution in [3.63, 3.8) is 0 Å². The summed E-state index contributed by atoms with van der Waals surface area (Å²) < 4.78 is 11.9. The van der Waals surface area contributed by atoms with Gasteiger partial charge in [0.15, 0.2) is 0 Å². The third kappa shape index (κ3) is 7.08. The van der Waals surface area contributed by atoms with E-state index in [4.69, 9.17) is 14.6 Å². The fourth-order valence-electron chi connectivity index (χ4n) is 2.66. The van der Waals surface area contributed by atoms with Crippen LogP contribution >= 0.6 is 0 Å². The molecule has 1 N–H and O–H groups in total. The maximum atomic E-state index is 12.2. The highest BCUT2D eigenvalue weighted by Gasteiger charge is 2.37. The molecule has 0 aromatic heterocycles. The molecule has 0 atom stereocenters. The van der Waals surface area contributed by atoms with Crippen LogP contribution in [-0.4, -0.2) is 35.5 Å². The van der Waals surface area contributed by atoms with Crippen LogP contribution in [0.2, 0.25) is 0 Å². The Balaban J connectivity index is 2.52. The van der Waals surface area contributed by atoms with Crippen LogP contribution in [0.3, 0.4) is 0 Å². The number of rotatable bonds is 11. The molecule has 1 aromatic carbocycles. The van der Waals surface area contributed by atoms with Crippen molar-refractivity contribution in [3.8, 4) is 0 Å². The van der Waals surface area contributed by atoms with Gasteiger partial charge in [-0.3, -0.25) is 0 Å². The van der Waals surface area contributed by atoms with Crippen LogP contribution in [0.25, 0.3) is 0 Å². The summed E-state index contributed by atoms with van der Waals surface area (Å²) in [5.74, 6) is -0.306. The predicted molar refractivity (Wildman–Crippen MR) is 105 cm³/mol. The van der Waals surface area contributed by atoms with Gasteiger partial charge >= 0.3 is 5.97 Å². The molecular formula is C22H36O4. The van der Waals surface area contributed by atoms with Gasteiger partial charge in [0.2, 0.25) is 0 Å². The fraction of sp³-hybridized carbons (Fsp3) is 0.682. The maximum Gasteiger partial charge on any atom is 0.338 e. The third-order valence-electron chi connectivity index (χ3n) is 5.39. The molecule has 4 heteroatoms. The molecule has 0 aliphatic rings. The zero-order valence-corrected chi connectivity index (χ0v) is 17.3. The number of benzene rings is 1. The third-order valence-corrected chi connectivity index (χ3v) is 5.39. The Kier molecular flexibility index (Phi) is 8.29. The first-order chi connectivity index (χ1) is 12.0. The van der Waals surface area contributed by atoms with Crippen LogP contribution in [0.5, 0.6) is 0 Å². The van der Waals surface area contributed by atoms with Crippen molar-refractivity contribution < 1.29 is 19.4 Å². The molecule has 0 amide bonds. The van der Waals surface area contributed by atoms with Crippen molar-refractivity contribution in [3.05, 3.63) is 35.9 Å². The second-order valence-electron chi connectivity index (χ2n) is 8.69. The Morgan fingerprint density at radius 3 is 2.15 bits per heavy atom. The summed E-state index contributed by atoms with van der Waals surface area (Å²) in [6, 6.07) is 9.04. The van der Waals surface area contributed by atoms with Gasteiger partial charge in [0.05, 0.1) is 17.8 Å². The number of hydrogen-bond acceptors (Lipinski definition) is 4. The SMILES string of the molecule is CC(C)(CCOC(C)(C)C(C)(C)CCCCO)OC(=O)c1ccccc1. The number of esters is 1. The van der Waals surface area contributed by atoms with Crippen LogP contribution in [0.1, 0.15) is 77.6 Å². The minimum atomic E-state index is -0.593. The van der Waals surface area contributed by atoms with E-state index in [1.807, 2.05) is 32.0 Å². The normalized spacial score (nSPS) is 12.9. The van der Waals surface area contributed by atoms with E-state index in [9.17, 15) is 4.79 Å². The molecule has 148 valence electrons. The largest absolute Gasteiger partial charge is 0.456 e. The number of unbranched alkanes of at least 4 members (excludes halogenated alkanes) is 1. The summed E-state index contributed by atoms with van der Waals surface area (Å²) in [5, 5.41) is 8.98. The van der Waals surface area contributed by atoms with Gasteiger partial charge in [-0.2, -0.15) is 0 Å². The quantitative estimate of drug-likeness (QED) is 0.444. The van der Waals surface area contributed by atoms with E-state index in [2.05, 4.69) is 27.7 Å². The lowest BCUT2D eigenvalue weighted by atomic mass is 9.73. The molecule has 0 saturated heterocycles. The molecule has 0 aliphatic carbocycles. The van der Waals surface area contributed by atoms with Crippen molar-refractivity contribution in [2.24, 2.45) is 5.41 Å². The number of carbonyl (C=O) groups excluding carboxylic acids is 1. The predicted octanol–water partition coefficient (Wildman–Crippen LogP) is 5.00. The summed E-state index contributed by atoms with van der Waals surface area (Å²) in [5.41, 5.74) is -0.342. The Bertz CT molecular complexity index is 547. The zero-order chi connectivity index (χ0) is 19.8. The van der Waals surface area contributed by atoms with E-state index in [1.165, 1.54) is 0 Å². The Morgan fingerprint density at radius 2 is 1.58 bits per heavy atom. The molecule has 0 aliphatic heterocycles. The summed E-state index contributed by atoms with van der Waals surface area (Å²) in [6.45, 7) is 13.2. The lowest BCUT2D eigenvalue weighted by Crippen LogP contribution is -2.43. The molecule has 0 spiro atoms. The van der Waals surface area contributed by atoms with Crippen LogP contribution in [0.4, 0.5) is 0 Å². The van der Waals surface area contributed by atoms with Gasteiger partial charge in [-0.05, 0) is 58.1 Å². The van der Waals surface area contributed by atoms with Gasteiger partial charge < -0.3 is 14.6 Å². The maximum absolute atomic E-state index is 12.2. The monoisotopic (exact) mass is 364 g/mol. The number of ether oxygens (including phenoxy) is 2. The van der Waals surface area contributed by atoms with E-state index in [0.717, 1.165) is 19.3 Å². The molecule has 4 nitrogen and oxygen atoms in total. The molecule has 0 unspecified atom stereocenters.